The van der Waals surface area contributed by atoms with E-state index < -0.39 is 8.80 Å². The lowest BCUT2D eigenvalue weighted by Crippen LogP contribution is -2.24. The van der Waals surface area contributed by atoms with Crippen molar-refractivity contribution in [2.24, 2.45) is 0 Å². The highest BCUT2D eigenvalue weighted by atomic mass is 35.5. The molecule has 0 aliphatic heterocycles. The molecule has 0 saturated carbocycles. The van der Waals surface area contributed by atoms with Gasteiger partial charge in [-0.05, 0) is 0 Å². The van der Waals surface area contributed by atoms with Crippen LogP contribution in [0.3, 0.4) is 0 Å². The number of hydrogen-bond donors (Lipinski definition) is 0. The summed E-state index contributed by atoms with van der Waals surface area (Å²) >= 11 is 0. The number of rotatable bonds is 3. The van der Waals surface area contributed by atoms with Crippen molar-refractivity contribution < 1.29 is 0 Å². The molecule has 0 spiro atoms. The van der Waals surface area contributed by atoms with Crippen molar-refractivity contribution in [2.45, 2.75) is 58.2 Å². The van der Waals surface area contributed by atoms with E-state index in [1.165, 1.54) is 0 Å². The topological polar surface area (TPSA) is 0 Å². The Labute approximate surface area is 79.8 Å². The summed E-state index contributed by atoms with van der Waals surface area (Å²) in [5.41, 5.74) is 2.92. The van der Waals surface area contributed by atoms with Crippen molar-refractivity contribution in [1.29, 1.82) is 0 Å². The molecule has 70 valence electrons. The average molecular weight is 195 g/mol. The predicted molar refractivity (Wildman–Crippen MR) is 59.7 cm³/mol. The third-order valence-corrected chi connectivity index (χ3v) is 6.93. The van der Waals surface area contributed by atoms with Gasteiger partial charge in [0.25, 0.3) is 0 Å². The minimum atomic E-state index is -0.454. The smallest absolute Gasteiger partial charge is 0.0445 e. The summed E-state index contributed by atoms with van der Waals surface area (Å²) in [5.74, 6) is 0. The average Bonchev–Trinajstić information content (AvgIpc) is 1.59. The maximum absolute atomic E-state index is 2.39. The number of halogens is 1. The van der Waals surface area contributed by atoms with Crippen molar-refractivity contribution >= 4 is 21.2 Å². The molecule has 0 amide bonds. The highest BCUT2D eigenvalue weighted by molar-refractivity contribution is 6.63. The second-order valence-corrected chi connectivity index (χ2v) is 9.46. The molecule has 0 aliphatic rings. The molecule has 0 unspecified atom stereocenters. The first-order chi connectivity index (χ1) is 4.46. The Bertz CT molecular complexity index is 70.5. The maximum atomic E-state index is 2.39. The van der Waals surface area contributed by atoms with Crippen molar-refractivity contribution in [3.05, 3.63) is 0 Å². The molecule has 0 atom stereocenters. The molecule has 2 heteroatoms. The van der Waals surface area contributed by atoms with Gasteiger partial charge in [0, 0.05) is 8.80 Å². The highest BCUT2D eigenvalue weighted by Gasteiger charge is 2.22. The molecule has 0 bridgehead atoms. The molecule has 0 aliphatic carbocycles. The molecular weight excluding hydrogens is 172 g/mol. The Morgan fingerprint density at radius 2 is 0.818 bits per heavy atom. The standard InChI is InChI=1S/C9H22Si.ClH/c1-7(2)10(8(3)4)9(5)6;/h7-10H,1-6H3;1H. The van der Waals surface area contributed by atoms with Crippen molar-refractivity contribution in [2.75, 3.05) is 0 Å². The van der Waals surface area contributed by atoms with Gasteiger partial charge >= 0.3 is 0 Å². The van der Waals surface area contributed by atoms with Crippen LogP contribution in [0.25, 0.3) is 0 Å². The molecule has 0 aromatic carbocycles. The third kappa shape index (κ3) is 4.86. The van der Waals surface area contributed by atoms with Crippen LogP contribution in [0.5, 0.6) is 0 Å². The monoisotopic (exact) mass is 194 g/mol. The largest absolute Gasteiger partial charge is 0.147 e. The summed E-state index contributed by atoms with van der Waals surface area (Å²) in [6, 6.07) is 0. The van der Waals surface area contributed by atoms with E-state index in [4.69, 9.17) is 0 Å². The van der Waals surface area contributed by atoms with Gasteiger partial charge in [0.2, 0.25) is 0 Å². The van der Waals surface area contributed by atoms with Gasteiger partial charge in [-0.1, -0.05) is 58.2 Å². The lowest BCUT2D eigenvalue weighted by molar-refractivity contribution is 0.863. The fourth-order valence-corrected chi connectivity index (χ4v) is 6.93. The second-order valence-electron chi connectivity index (χ2n) is 4.31. The Morgan fingerprint density at radius 3 is 0.818 bits per heavy atom. The molecule has 0 nitrogen and oxygen atoms in total. The summed E-state index contributed by atoms with van der Waals surface area (Å²) < 4.78 is 0. The van der Waals surface area contributed by atoms with Crippen LogP contribution >= 0.6 is 12.4 Å². The van der Waals surface area contributed by atoms with Crippen molar-refractivity contribution in [3.63, 3.8) is 0 Å². The number of hydrogen-bond acceptors (Lipinski definition) is 0. The zero-order chi connectivity index (χ0) is 8.31. The fourth-order valence-electron chi connectivity index (χ4n) is 2.31. The third-order valence-electron chi connectivity index (χ3n) is 2.31. The zero-order valence-corrected chi connectivity index (χ0v) is 10.7. The van der Waals surface area contributed by atoms with E-state index in [1.54, 1.807) is 0 Å². The van der Waals surface area contributed by atoms with Gasteiger partial charge in [-0.25, -0.2) is 0 Å². The first-order valence-corrected chi connectivity index (χ1v) is 6.46. The molecule has 0 radical (unpaired) electrons. The summed E-state index contributed by atoms with van der Waals surface area (Å²) in [6.07, 6.45) is 0. The first kappa shape index (κ1) is 14.1. The predicted octanol–water partition coefficient (Wildman–Crippen LogP) is 3.87. The molecule has 11 heavy (non-hydrogen) atoms. The Balaban J connectivity index is 0. The van der Waals surface area contributed by atoms with Crippen molar-refractivity contribution in [3.8, 4) is 0 Å². The van der Waals surface area contributed by atoms with Gasteiger partial charge in [0.1, 0.15) is 0 Å². The van der Waals surface area contributed by atoms with E-state index in [1.807, 2.05) is 0 Å². The summed E-state index contributed by atoms with van der Waals surface area (Å²) in [5, 5.41) is 0. The molecule has 0 saturated heterocycles. The van der Waals surface area contributed by atoms with Gasteiger partial charge < -0.3 is 0 Å². The summed E-state index contributed by atoms with van der Waals surface area (Å²) in [6.45, 7) is 14.3. The van der Waals surface area contributed by atoms with E-state index in [0.717, 1.165) is 16.6 Å². The quantitative estimate of drug-likeness (QED) is 0.599. The lowest BCUT2D eigenvalue weighted by atomic mass is 10.5. The van der Waals surface area contributed by atoms with E-state index in [0.29, 0.717) is 0 Å². The van der Waals surface area contributed by atoms with E-state index >= 15 is 0 Å². The van der Waals surface area contributed by atoms with Gasteiger partial charge in [-0.15, -0.1) is 12.4 Å². The van der Waals surface area contributed by atoms with Crippen LogP contribution in [0, 0.1) is 0 Å². The molecule has 0 aromatic heterocycles. The Morgan fingerprint density at radius 1 is 0.636 bits per heavy atom. The second kappa shape index (κ2) is 6.07. The van der Waals surface area contributed by atoms with Crippen LogP contribution in [0.1, 0.15) is 41.5 Å². The summed E-state index contributed by atoms with van der Waals surface area (Å²) in [7, 11) is -0.454. The molecular formula is C9H23ClSi. The van der Waals surface area contributed by atoms with Crippen LogP contribution in [-0.2, 0) is 0 Å². The van der Waals surface area contributed by atoms with Gasteiger partial charge in [-0.2, -0.15) is 0 Å². The molecule has 0 fully saturated rings. The minimum absolute atomic E-state index is 0. The highest BCUT2D eigenvalue weighted by Crippen LogP contribution is 2.28. The molecule has 0 rings (SSSR count). The van der Waals surface area contributed by atoms with Gasteiger partial charge in [0.15, 0.2) is 0 Å². The molecule has 0 N–H and O–H groups in total. The Hall–Kier alpha value is 0.507. The van der Waals surface area contributed by atoms with E-state index in [9.17, 15) is 0 Å². The van der Waals surface area contributed by atoms with Crippen LogP contribution in [-0.4, -0.2) is 8.80 Å². The zero-order valence-electron chi connectivity index (χ0n) is 8.72. The lowest BCUT2D eigenvalue weighted by Gasteiger charge is -2.26. The van der Waals surface area contributed by atoms with Gasteiger partial charge in [0.05, 0.1) is 0 Å². The van der Waals surface area contributed by atoms with Crippen LogP contribution < -0.4 is 0 Å². The fraction of sp³-hybridized carbons (Fsp3) is 1.00. The molecule has 0 heterocycles. The normalized spacial score (nSPS) is 11.5. The van der Waals surface area contributed by atoms with Crippen LogP contribution in [0.15, 0.2) is 0 Å². The molecule has 0 aromatic rings. The van der Waals surface area contributed by atoms with E-state index in [2.05, 4.69) is 41.5 Å². The van der Waals surface area contributed by atoms with Crippen LogP contribution in [0.2, 0.25) is 16.6 Å². The first-order valence-electron chi connectivity index (χ1n) is 4.46. The maximum Gasteiger partial charge on any atom is 0.0445 e. The van der Waals surface area contributed by atoms with Gasteiger partial charge in [-0.3, -0.25) is 0 Å². The van der Waals surface area contributed by atoms with E-state index in [-0.39, 0.29) is 12.4 Å². The van der Waals surface area contributed by atoms with Crippen LogP contribution in [0.4, 0.5) is 0 Å². The summed E-state index contributed by atoms with van der Waals surface area (Å²) in [4.78, 5) is 0. The Kier molecular flexibility index (Phi) is 7.76. The van der Waals surface area contributed by atoms with Crippen molar-refractivity contribution in [1.82, 2.24) is 0 Å². The SMILES string of the molecule is CC(C)[SiH](C(C)C)C(C)C.Cl. The minimum Gasteiger partial charge on any atom is -0.147 e.